The molecule has 16 heavy (non-hydrogen) atoms. The molecule has 0 bridgehead atoms. The molecule has 0 aliphatic rings. The van der Waals surface area contributed by atoms with Gasteiger partial charge in [-0.25, -0.2) is 4.79 Å². The standard InChI is InChI=1S/C11H16BrNO3/c1-2-3-5-16-6-4-13-8-9(11(14)15)7-10(13)12/h7-8H,2-6H2,1H3,(H,14,15). The summed E-state index contributed by atoms with van der Waals surface area (Å²) in [4.78, 5) is 10.7. The summed E-state index contributed by atoms with van der Waals surface area (Å²) in [5, 5.41) is 8.80. The van der Waals surface area contributed by atoms with Crippen LogP contribution in [0.15, 0.2) is 16.9 Å². The van der Waals surface area contributed by atoms with Crippen LogP contribution in [0.3, 0.4) is 0 Å². The number of carboxylic acid groups (broad SMARTS) is 1. The van der Waals surface area contributed by atoms with Crippen molar-refractivity contribution in [1.29, 1.82) is 0 Å². The second-order valence-electron chi connectivity index (χ2n) is 3.52. The first kappa shape index (κ1) is 13.3. The van der Waals surface area contributed by atoms with Crippen molar-refractivity contribution in [2.75, 3.05) is 13.2 Å². The number of aromatic carboxylic acids is 1. The molecule has 1 aromatic rings. The van der Waals surface area contributed by atoms with Gasteiger partial charge in [-0.2, -0.15) is 0 Å². The minimum atomic E-state index is -0.911. The van der Waals surface area contributed by atoms with E-state index in [0.29, 0.717) is 18.7 Å². The van der Waals surface area contributed by atoms with Gasteiger partial charge in [-0.05, 0) is 28.4 Å². The highest BCUT2D eigenvalue weighted by molar-refractivity contribution is 9.10. The van der Waals surface area contributed by atoms with Crippen molar-refractivity contribution in [3.05, 3.63) is 22.4 Å². The van der Waals surface area contributed by atoms with Crippen molar-refractivity contribution in [2.45, 2.75) is 26.3 Å². The van der Waals surface area contributed by atoms with E-state index >= 15 is 0 Å². The number of carbonyl (C=O) groups is 1. The SMILES string of the molecule is CCCCOCCn1cc(C(=O)O)cc1Br. The largest absolute Gasteiger partial charge is 0.478 e. The van der Waals surface area contributed by atoms with Crippen molar-refractivity contribution in [2.24, 2.45) is 0 Å². The number of nitrogens with zero attached hydrogens (tertiary/aromatic N) is 1. The van der Waals surface area contributed by atoms with E-state index in [4.69, 9.17) is 9.84 Å². The molecule has 90 valence electrons. The Hall–Kier alpha value is -0.810. The third kappa shape index (κ3) is 3.98. The molecule has 0 aromatic carbocycles. The summed E-state index contributed by atoms with van der Waals surface area (Å²) in [6.45, 7) is 4.15. The summed E-state index contributed by atoms with van der Waals surface area (Å²) in [6, 6.07) is 1.59. The molecular weight excluding hydrogens is 274 g/mol. The van der Waals surface area contributed by atoms with E-state index in [-0.39, 0.29) is 0 Å². The first-order chi connectivity index (χ1) is 7.65. The number of aromatic nitrogens is 1. The Balaban J connectivity index is 2.39. The Bertz CT molecular complexity index is 349. The third-order valence-electron chi connectivity index (χ3n) is 2.21. The van der Waals surface area contributed by atoms with Gasteiger partial charge in [-0.1, -0.05) is 13.3 Å². The number of ether oxygens (including phenoxy) is 1. The molecule has 0 spiro atoms. The fraction of sp³-hybridized carbons (Fsp3) is 0.545. The first-order valence-electron chi connectivity index (χ1n) is 5.32. The zero-order valence-corrected chi connectivity index (χ0v) is 10.9. The van der Waals surface area contributed by atoms with Gasteiger partial charge in [-0.15, -0.1) is 0 Å². The summed E-state index contributed by atoms with van der Waals surface area (Å²) in [6.07, 6.45) is 3.79. The van der Waals surface area contributed by atoms with Gasteiger partial charge in [0.2, 0.25) is 0 Å². The average molecular weight is 290 g/mol. The number of hydrogen-bond acceptors (Lipinski definition) is 2. The smallest absolute Gasteiger partial charge is 0.337 e. The molecule has 1 heterocycles. The Morgan fingerprint density at radius 3 is 2.88 bits per heavy atom. The molecule has 0 fully saturated rings. The maximum Gasteiger partial charge on any atom is 0.337 e. The van der Waals surface area contributed by atoms with Gasteiger partial charge in [0, 0.05) is 19.3 Å². The lowest BCUT2D eigenvalue weighted by molar-refractivity contribution is 0.0696. The van der Waals surface area contributed by atoms with Crippen LogP contribution in [0.1, 0.15) is 30.1 Å². The molecule has 4 nitrogen and oxygen atoms in total. The van der Waals surface area contributed by atoms with Gasteiger partial charge in [-0.3, -0.25) is 0 Å². The highest BCUT2D eigenvalue weighted by Crippen LogP contribution is 2.15. The van der Waals surface area contributed by atoms with E-state index in [1.807, 2.05) is 4.57 Å². The lowest BCUT2D eigenvalue weighted by atomic mass is 10.4. The first-order valence-corrected chi connectivity index (χ1v) is 6.11. The van der Waals surface area contributed by atoms with Crippen LogP contribution in [-0.4, -0.2) is 28.9 Å². The second kappa shape index (κ2) is 6.70. The van der Waals surface area contributed by atoms with Gasteiger partial charge in [0.1, 0.15) is 0 Å². The molecule has 1 N–H and O–H groups in total. The van der Waals surface area contributed by atoms with Crippen LogP contribution in [0.25, 0.3) is 0 Å². The van der Waals surface area contributed by atoms with Crippen LogP contribution in [0, 0.1) is 0 Å². The van der Waals surface area contributed by atoms with E-state index in [0.717, 1.165) is 24.1 Å². The van der Waals surface area contributed by atoms with Gasteiger partial charge in [0.05, 0.1) is 16.8 Å². The van der Waals surface area contributed by atoms with Crippen LogP contribution in [0.2, 0.25) is 0 Å². The van der Waals surface area contributed by atoms with Gasteiger partial charge in [0.25, 0.3) is 0 Å². The molecule has 0 aliphatic carbocycles. The molecule has 0 unspecified atom stereocenters. The normalized spacial score (nSPS) is 10.6. The fourth-order valence-electron chi connectivity index (χ4n) is 1.28. The monoisotopic (exact) mass is 289 g/mol. The van der Waals surface area contributed by atoms with Gasteiger partial charge >= 0.3 is 5.97 Å². The van der Waals surface area contributed by atoms with Crippen molar-refractivity contribution in [1.82, 2.24) is 4.57 Å². The highest BCUT2D eigenvalue weighted by atomic mass is 79.9. The minimum Gasteiger partial charge on any atom is -0.478 e. The minimum absolute atomic E-state index is 0.292. The molecule has 5 heteroatoms. The zero-order valence-electron chi connectivity index (χ0n) is 9.28. The predicted octanol–water partition coefficient (Wildman–Crippen LogP) is 2.77. The van der Waals surface area contributed by atoms with Crippen molar-refractivity contribution in [3.8, 4) is 0 Å². The summed E-state index contributed by atoms with van der Waals surface area (Å²) < 4.78 is 8.01. The average Bonchev–Trinajstić information content (AvgIpc) is 2.60. The molecule has 0 saturated carbocycles. The number of carboxylic acids is 1. The highest BCUT2D eigenvalue weighted by Gasteiger charge is 2.08. The van der Waals surface area contributed by atoms with Crippen molar-refractivity contribution in [3.63, 3.8) is 0 Å². The van der Waals surface area contributed by atoms with E-state index < -0.39 is 5.97 Å². The van der Waals surface area contributed by atoms with Gasteiger partial charge in [0.15, 0.2) is 0 Å². The molecule has 0 atom stereocenters. The maximum absolute atomic E-state index is 10.7. The van der Waals surface area contributed by atoms with Crippen LogP contribution < -0.4 is 0 Å². The predicted molar refractivity (Wildman–Crippen MR) is 64.8 cm³/mol. The second-order valence-corrected chi connectivity index (χ2v) is 4.33. The van der Waals surface area contributed by atoms with Crippen LogP contribution >= 0.6 is 15.9 Å². The summed E-state index contributed by atoms with van der Waals surface area (Å²) in [5.74, 6) is -0.911. The lowest BCUT2D eigenvalue weighted by Gasteiger charge is -2.05. The topological polar surface area (TPSA) is 51.5 Å². The molecule has 0 radical (unpaired) electrons. The van der Waals surface area contributed by atoms with E-state index in [1.165, 1.54) is 0 Å². The Kier molecular flexibility index (Phi) is 5.55. The van der Waals surface area contributed by atoms with Crippen LogP contribution in [0.4, 0.5) is 0 Å². The molecule has 0 aliphatic heterocycles. The molecular formula is C11H16BrNO3. The van der Waals surface area contributed by atoms with Crippen molar-refractivity contribution < 1.29 is 14.6 Å². The summed E-state index contributed by atoms with van der Waals surface area (Å²) >= 11 is 3.31. The van der Waals surface area contributed by atoms with E-state index in [2.05, 4.69) is 22.9 Å². The van der Waals surface area contributed by atoms with Crippen LogP contribution in [-0.2, 0) is 11.3 Å². The fourth-order valence-corrected chi connectivity index (χ4v) is 1.80. The molecule has 1 aromatic heterocycles. The van der Waals surface area contributed by atoms with E-state index in [9.17, 15) is 4.79 Å². The summed E-state index contributed by atoms with van der Waals surface area (Å²) in [7, 11) is 0. The number of hydrogen-bond donors (Lipinski definition) is 1. The molecule has 0 saturated heterocycles. The molecule has 0 amide bonds. The Morgan fingerprint density at radius 1 is 1.56 bits per heavy atom. The zero-order chi connectivity index (χ0) is 12.0. The van der Waals surface area contributed by atoms with Crippen LogP contribution in [0.5, 0.6) is 0 Å². The number of rotatable bonds is 7. The van der Waals surface area contributed by atoms with Crippen molar-refractivity contribution >= 4 is 21.9 Å². The third-order valence-corrected chi connectivity index (χ3v) is 2.89. The molecule has 1 rings (SSSR count). The Morgan fingerprint density at radius 2 is 2.31 bits per heavy atom. The van der Waals surface area contributed by atoms with Gasteiger partial charge < -0.3 is 14.4 Å². The maximum atomic E-state index is 10.7. The lowest BCUT2D eigenvalue weighted by Crippen LogP contribution is -2.06. The number of halogens is 1. The number of unbranched alkanes of at least 4 members (excludes halogenated alkanes) is 1. The quantitative estimate of drug-likeness (QED) is 0.786. The summed E-state index contributed by atoms with van der Waals surface area (Å²) in [5.41, 5.74) is 0.292. The van der Waals surface area contributed by atoms with E-state index in [1.54, 1.807) is 12.3 Å². The Labute approximate surface area is 103 Å².